The van der Waals surface area contributed by atoms with Crippen molar-refractivity contribution in [3.63, 3.8) is 0 Å². The molecule has 0 saturated heterocycles. The molecule has 0 aliphatic carbocycles. The first-order valence-electron chi connectivity index (χ1n) is 34.2. The average molecular weight is 1740 g/mol. The Balaban J connectivity index is 0.000000165. The predicted molar refractivity (Wildman–Crippen MR) is 411 cm³/mol. The van der Waals surface area contributed by atoms with E-state index in [0.29, 0.717) is 17.2 Å². The fourth-order valence-corrected chi connectivity index (χ4v) is 12.7. The molecule has 3 N–H and O–H groups in total. The smallest absolute Gasteiger partial charge is 0.417 e. The summed E-state index contributed by atoms with van der Waals surface area (Å²) in [7, 11) is 0. The van der Waals surface area contributed by atoms with Crippen molar-refractivity contribution < 1.29 is 73.5 Å². The number of fused-ring (bicyclic) bond motifs is 9. The van der Waals surface area contributed by atoms with E-state index < -0.39 is 17.8 Å². The van der Waals surface area contributed by atoms with Crippen LogP contribution >= 0.6 is 0 Å². The van der Waals surface area contributed by atoms with Crippen molar-refractivity contribution >= 4 is 71.2 Å². The molecule has 0 fully saturated rings. The Morgan fingerprint density at radius 2 is 1.04 bits per heavy atom. The summed E-state index contributed by atoms with van der Waals surface area (Å²) in [5.41, 5.74) is 17.1. The van der Waals surface area contributed by atoms with Gasteiger partial charge in [0.15, 0.2) is 5.78 Å². The number of carbonyl (C=O) groups is 1. The van der Waals surface area contributed by atoms with Crippen LogP contribution < -0.4 is 0 Å². The molecule has 6 heterocycles. The van der Waals surface area contributed by atoms with Crippen molar-refractivity contribution in [2.75, 3.05) is 0 Å². The van der Waals surface area contributed by atoms with Crippen LogP contribution in [-0.4, -0.2) is 55.9 Å². The number of ketones is 1. The number of hydrogen-bond donors (Lipinski definition) is 3. The number of nitrogens with zero attached hydrogens (tertiary/aromatic N) is 6. The van der Waals surface area contributed by atoms with E-state index in [-0.39, 0.29) is 57.5 Å². The average Bonchev–Trinajstić information content (AvgIpc) is 1.61. The second kappa shape index (κ2) is 36.2. The first kappa shape index (κ1) is 77.8. The summed E-state index contributed by atoms with van der Waals surface area (Å²) in [6.45, 7) is 13.7. The van der Waals surface area contributed by atoms with E-state index in [9.17, 15) is 18.0 Å². The number of unbranched alkanes of at least 4 members (excludes halogenated alkanes) is 1. The minimum absolute atomic E-state index is 0. The molecule has 0 spiro atoms. The number of benzene rings is 9. The molecule has 9 aromatic carbocycles. The quantitative estimate of drug-likeness (QED) is 0.0561. The number of alkyl halides is 3. The van der Waals surface area contributed by atoms with E-state index in [1.165, 1.54) is 109 Å². The maximum absolute atomic E-state index is 12.8. The number of hydrogen-bond acceptors (Lipinski definition) is 7. The van der Waals surface area contributed by atoms with Gasteiger partial charge in [0, 0.05) is 127 Å². The van der Waals surface area contributed by atoms with Gasteiger partial charge in [-0.25, -0.2) is 0 Å². The van der Waals surface area contributed by atoms with Crippen molar-refractivity contribution in [2.45, 2.75) is 93.0 Å². The number of aliphatic hydroxyl groups excluding tert-OH is 3. The molecule has 0 amide bonds. The molecule has 2 atom stereocenters. The number of carbonyl (C=O) groups excluding carboxylic acids is 1. The van der Waals surface area contributed by atoms with Crippen molar-refractivity contribution in [3.05, 3.63) is 308 Å². The molecule has 532 valence electrons. The number of pyridine rings is 3. The standard InChI is InChI=1S/C31H31N2.C24H14F3N2.C24H17N2.C5H10O2.C5H8O2.2Ir/c1-3-5-10-23(4-2)22-33-30-13-7-6-11-27(30)28-19-18-26(21-31(28)33)24-14-16-25(17-15-24)29-12-8-9-20-32-29;25-24(26,27)17-11-12-21(28-15-17)16-10-13-23-20(14-16)19-8-4-5-9-22(19)29(23)18-6-2-1-3-7-18;1-17-11-13-22(25-16-17)18-12-14-24-21(15-18)20-9-5-6-10-23(20)26(24)19-7-3-2-4-8-19;2*1-4(6)3-5(2)7;;/h6-9,11-16,18-21,23H,3-5,10,22H2,1-2H3;1-13,15H;2-14,16H,1H3;3-4,6-7H,1-2H3;3,6H,1-2H3;;/q3*-1;;;;. The maximum Gasteiger partial charge on any atom is 0.417 e. The van der Waals surface area contributed by atoms with Crippen LogP contribution in [0.1, 0.15) is 78.4 Å². The normalized spacial score (nSPS) is 12.0. The third-order valence-corrected chi connectivity index (χ3v) is 17.5. The van der Waals surface area contributed by atoms with Gasteiger partial charge in [-0.15, -0.1) is 66.2 Å². The Kier molecular flexibility index (Phi) is 27.1. The van der Waals surface area contributed by atoms with Crippen LogP contribution in [0.4, 0.5) is 13.2 Å². The van der Waals surface area contributed by atoms with Crippen LogP contribution in [0.5, 0.6) is 0 Å². The largest absolute Gasteiger partial charge is 0.513 e. The van der Waals surface area contributed by atoms with Gasteiger partial charge in [-0.3, -0.25) is 14.8 Å². The van der Waals surface area contributed by atoms with Crippen LogP contribution in [0, 0.1) is 31.0 Å². The zero-order chi connectivity index (χ0) is 71.9. The van der Waals surface area contributed by atoms with Gasteiger partial charge in [0.25, 0.3) is 0 Å². The molecule has 2 radical (unpaired) electrons. The minimum Gasteiger partial charge on any atom is -0.513 e. The topological polar surface area (TPSA) is 131 Å². The van der Waals surface area contributed by atoms with Crippen LogP contribution in [0.25, 0.3) is 122 Å². The molecule has 0 aliphatic heterocycles. The number of para-hydroxylation sites is 5. The number of aryl methyl sites for hydroxylation is 1. The van der Waals surface area contributed by atoms with Crippen molar-refractivity contribution in [1.82, 2.24) is 28.7 Å². The Hall–Kier alpha value is -10.4. The van der Waals surface area contributed by atoms with Crippen LogP contribution in [-0.2, 0) is 57.7 Å². The zero-order valence-corrected chi connectivity index (χ0v) is 63.6. The Bertz CT molecular complexity index is 5380. The zero-order valence-electron chi connectivity index (χ0n) is 58.8. The second-order valence-corrected chi connectivity index (χ2v) is 25.2. The third kappa shape index (κ3) is 18.9. The van der Waals surface area contributed by atoms with Crippen molar-refractivity contribution in [2.24, 2.45) is 5.92 Å². The van der Waals surface area contributed by atoms with Crippen molar-refractivity contribution in [3.8, 4) is 56.3 Å². The Morgan fingerprint density at radius 1 is 0.529 bits per heavy atom. The third-order valence-electron chi connectivity index (χ3n) is 17.5. The van der Waals surface area contributed by atoms with Gasteiger partial charge in [0.1, 0.15) is 0 Å². The van der Waals surface area contributed by atoms with Gasteiger partial charge in [-0.2, -0.15) is 13.2 Å². The van der Waals surface area contributed by atoms with Crippen LogP contribution in [0.15, 0.2) is 279 Å². The molecule has 15 heteroatoms. The van der Waals surface area contributed by atoms with Gasteiger partial charge in [-0.1, -0.05) is 216 Å². The first-order valence-corrected chi connectivity index (χ1v) is 34.2. The summed E-state index contributed by atoms with van der Waals surface area (Å²) < 4.78 is 45.5. The Labute approximate surface area is 632 Å². The predicted octanol–water partition coefficient (Wildman–Crippen LogP) is 23.0. The number of rotatable bonds is 14. The molecule has 0 aliphatic rings. The number of halogens is 3. The summed E-state index contributed by atoms with van der Waals surface area (Å²) in [4.78, 5) is 23.0. The number of aromatic nitrogens is 6. The molecule has 6 aromatic heterocycles. The number of allylic oxidation sites excluding steroid dienone is 3. The number of aliphatic hydroxyl groups is 3. The van der Waals surface area contributed by atoms with Crippen LogP contribution in [0.2, 0.25) is 0 Å². The second-order valence-electron chi connectivity index (χ2n) is 25.2. The van der Waals surface area contributed by atoms with Crippen molar-refractivity contribution in [1.29, 1.82) is 0 Å². The molecule has 15 aromatic rings. The van der Waals surface area contributed by atoms with E-state index in [2.05, 4.69) is 201 Å². The molecule has 0 bridgehead atoms. The van der Waals surface area contributed by atoms with E-state index >= 15 is 0 Å². The molecule has 15 rings (SSSR count). The van der Waals surface area contributed by atoms with Gasteiger partial charge < -0.3 is 34.0 Å². The fourth-order valence-electron chi connectivity index (χ4n) is 12.7. The van der Waals surface area contributed by atoms with E-state index in [0.717, 1.165) is 91.0 Å². The first-order chi connectivity index (χ1) is 49.4. The summed E-state index contributed by atoms with van der Waals surface area (Å²) >= 11 is 0. The Morgan fingerprint density at radius 3 is 1.49 bits per heavy atom. The van der Waals surface area contributed by atoms with E-state index in [4.69, 9.17) is 15.3 Å². The van der Waals surface area contributed by atoms with Gasteiger partial charge in [-0.05, 0) is 130 Å². The summed E-state index contributed by atoms with van der Waals surface area (Å²) in [6.07, 6.45) is 7.27. The molecular weight excluding hydrogens is 1660 g/mol. The maximum atomic E-state index is 12.8. The molecular formula is C89H80F3Ir2N6O4-3. The van der Waals surface area contributed by atoms with Crippen LogP contribution in [0.3, 0.4) is 0 Å². The van der Waals surface area contributed by atoms with E-state index in [1.54, 1.807) is 6.92 Å². The molecule has 0 saturated carbocycles. The van der Waals surface area contributed by atoms with Gasteiger partial charge in [0.05, 0.1) is 23.2 Å². The molecule has 10 nitrogen and oxygen atoms in total. The minimum atomic E-state index is -4.40. The molecule has 104 heavy (non-hydrogen) atoms. The van der Waals surface area contributed by atoms with Gasteiger partial charge >= 0.3 is 6.18 Å². The summed E-state index contributed by atoms with van der Waals surface area (Å²) in [6, 6.07) is 90.3. The fraction of sp³-hybridized carbons (Fsp3) is 0.169. The monoisotopic (exact) mass is 1740 g/mol. The molecule has 2 unspecified atom stereocenters. The van der Waals surface area contributed by atoms with E-state index in [1.807, 2.05) is 103 Å². The van der Waals surface area contributed by atoms with Gasteiger partial charge in [0.2, 0.25) is 0 Å². The SMILES string of the molecule is CC(=O)C=C(C)O.CC(O)=CC(C)O.CCCCC(CC)Cn1c2ccccc2c2ccc(-c3c[c-]c(-c4ccccn4)cc3)cc21.Cc1ccc(-c2[c-]c3c4ccccc4n(-c4ccccc4)c3cc2)nc1.FC(F)(F)c1ccc(-c2[c-]c3c4ccccc4n(-c4ccccc4)c3cc2)nc1.[Ir].[Ir]. The summed E-state index contributed by atoms with van der Waals surface area (Å²) in [5.74, 6) is 0.807. The summed E-state index contributed by atoms with van der Waals surface area (Å²) in [5, 5.41) is 32.2.